The van der Waals surface area contributed by atoms with Crippen LogP contribution >= 0.6 is 0 Å². The molecular formula is C22H38O4. The van der Waals surface area contributed by atoms with Gasteiger partial charge in [-0.05, 0) is 50.4 Å². The average molecular weight is 367 g/mol. The zero-order valence-corrected chi connectivity index (χ0v) is 17.1. The van der Waals surface area contributed by atoms with Gasteiger partial charge in [-0.2, -0.15) is 0 Å². The van der Waals surface area contributed by atoms with E-state index < -0.39 is 0 Å². The van der Waals surface area contributed by atoms with Gasteiger partial charge in [-0.15, -0.1) is 0 Å². The lowest BCUT2D eigenvalue weighted by Gasteiger charge is -2.52. The molecule has 4 aliphatic rings. The van der Waals surface area contributed by atoms with Crippen LogP contribution in [-0.4, -0.2) is 51.3 Å². The number of ether oxygens (including phenoxy) is 4. The summed E-state index contributed by atoms with van der Waals surface area (Å²) in [6.45, 7) is 12.2. The fourth-order valence-corrected chi connectivity index (χ4v) is 5.66. The predicted octanol–water partition coefficient (Wildman–Crippen LogP) is 4.21. The van der Waals surface area contributed by atoms with Crippen LogP contribution in [0.15, 0.2) is 0 Å². The highest BCUT2D eigenvalue weighted by atomic mass is 16.5. The second-order valence-corrected chi connectivity index (χ2v) is 10.2. The molecule has 4 atom stereocenters. The Morgan fingerprint density at radius 3 is 2.08 bits per heavy atom. The molecule has 0 aromatic carbocycles. The number of hydrogen-bond donors (Lipinski definition) is 0. The van der Waals surface area contributed by atoms with Gasteiger partial charge in [-0.3, -0.25) is 0 Å². The molecule has 2 bridgehead atoms. The Morgan fingerprint density at radius 2 is 1.50 bits per heavy atom. The molecule has 0 aromatic heterocycles. The van der Waals surface area contributed by atoms with E-state index in [9.17, 15) is 0 Å². The summed E-state index contributed by atoms with van der Waals surface area (Å²) in [6.07, 6.45) is 8.75. The maximum absolute atomic E-state index is 6.75. The lowest BCUT2D eigenvalue weighted by atomic mass is 9.64. The van der Waals surface area contributed by atoms with E-state index in [2.05, 4.69) is 20.8 Å². The highest BCUT2D eigenvalue weighted by Crippen LogP contribution is 2.49. The van der Waals surface area contributed by atoms with Crippen LogP contribution in [0.1, 0.15) is 65.7 Å². The molecule has 0 amide bonds. The third-order valence-corrected chi connectivity index (χ3v) is 7.76. The molecule has 0 N–H and O–H groups in total. The number of hydrogen-bond acceptors (Lipinski definition) is 4. The summed E-state index contributed by atoms with van der Waals surface area (Å²) < 4.78 is 24.2. The lowest BCUT2D eigenvalue weighted by Crippen LogP contribution is -2.54. The van der Waals surface area contributed by atoms with E-state index in [0.717, 1.165) is 70.7 Å². The molecule has 4 rings (SSSR count). The normalized spacial score (nSPS) is 40.5. The third kappa shape index (κ3) is 3.72. The molecule has 0 aromatic rings. The van der Waals surface area contributed by atoms with Crippen molar-refractivity contribution in [2.45, 2.75) is 77.4 Å². The van der Waals surface area contributed by atoms with Crippen LogP contribution < -0.4 is 0 Å². The zero-order chi connectivity index (χ0) is 18.3. The summed E-state index contributed by atoms with van der Waals surface area (Å²) in [5.74, 6) is 1.54. The Balaban J connectivity index is 1.38. The molecule has 2 saturated carbocycles. The first-order valence-corrected chi connectivity index (χ1v) is 10.9. The highest BCUT2D eigenvalue weighted by molar-refractivity contribution is 4.99. The van der Waals surface area contributed by atoms with E-state index in [1.807, 2.05) is 0 Å². The fraction of sp³-hybridized carbons (Fsp3) is 1.00. The zero-order valence-electron chi connectivity index (χ0n) is 17.1. The third-order valence-electron chi connectivity index (χ3n) is 7.76. The van der Waals surface area contributed by atoms with E-state index in [0.29, 0.717) is 6.10 Å². The van der Waals surface area contributed by atoms with Gasteiger partial charge in [-0.1, -0.05) is 20.8 Å². The van der Waals surface area contributed by atoms with Gasteiger partial charge in [0.15, 0.2) is 0 Å². The Bertz CT molecular complexity index is 470. The van der Waals surface area contributed by atoms with Crippen molar-refractivity contribution >= 4 is 0 Å². The summed E-state index contributed by atoms with van der Waals surface area (Å²) in [4.78, 5) is 0. The molecule has 0 spiro atoms. The summed E-state index contributed by atoms with van der Waals surface area (Å²) in [5.41, 5.74) is 0.593. The van der Waals surface area contributed by atoms with Crippen molar-refractivity contribution in [1.82, 2.24) is 0 Å². The Morgan fingerprint density at radius 1 is 0.846 bits per heavy atom. The molecule has 4 fully saturated rings. The highest BCUT2D eigenvalue weighted by Gasteiger charge is 2.49. The van der Waals surface area contributed by atoms with Gasteiger partial charge in [0.2, 0.25) is 0 Å². The Kier molecular flexibility index (Phi) is 5.42. The molecule has 2 heterocycles. The minimum absolute atomic E-state index is 0.0402. The van der Waals surface area contributed by atoms with E-state index >= 15 is 0 Å². The maximum Gasteiger partial charge on any atom is 0.0712 e. The van der Waals surface area contributed by atoms with E-state index in [4.69, 9.17) is 18.9 Å². The molecular weight excluding hydrogens is 328 g/mol. The van der Waals surface area contributed by atoms with E-state index in [-0.39, 0.29) is 16.4 Å². The quantitative estimate of drug-likeness (QED) is 0.645. The minimum Gasteiger partial charge on any atom is -0.380 e. The Labute approximate surface area is 159 Å². The van der Waals surface area contributed by atoms with Crippen molar-refractivity contribution < 1.29 is 18.9 Å². The van der Waals surface area contributed by atoms with Gasteiger partial charge in [0.25, 0.3) is 0 Å². The van der Waals surface area contributed by atoms with Crippen LogP contribution in [0.25, 0.3) is 0 Å². The van der Waals surface area contributed by atoms with Crippen LogP contribution in [0.4, 0.5) is 0 Å². The van der Waals surface area contributed by atoms with Gasteiger partial charge in [-0.25, -0.2) is 0 Å². The van der Waals surface area contributed by atoms with Gasteiger partial charge in [0.05, 0.1) is 51.3 Å². The van der Waals surface area contributed by atoms with Crippen LogP contribution in [0.2, 0.25) is 0 Å². The van der Waals surface area contributed by atoms with Crippen molar-refractivity contribution in [2.24, 2.45) is 22.7 Å². The molecule has 4 unspecified atom stereocenters. The minimum atomic E-state index is 0.0402. The van der Waals surface area contributed by atoms with E-state index in [1.54, 1.807) is 0 Å². The maximum atomic E-state index is 6.75. The molecule has 2 aliphatic carbocycles. The smallest absolute Gasteiger partial charge is 0.0712 e. The second kappa shape index (κ2) is 7.35. The summed E-state index contributed by atoms with van der Waals surface area (Å²) >= 11 is 0. The van der Waals surface area contributed by atoms with E-state index in [1.165, 1.54) is 25.7 Å². The first kappa shape index (κ1) is 19.2. The first-order valence-electron chi connectivity index (χ1n) is 10.9. The monoisotopic (exact) mass is 366 g/mol. The van der Waals surface area contributed by atoms with Crippen molar-refractivity contribution in [3.63, 3.8) is 0 Å². The summed E-state index contributed by atoms with van der Waals surface area (Å²) in [7, 11) is 0. The van der Waals surface area contributed by atoms with Gasteiger partial charge < -0.3 is 18.9 Å². The first-order chi connectivity index (χ1) is 12.5. The molecule has 26 heavy (non-hydrogen) atoms. The largest absolute Gasteiger partial charge is 0.380 e. The van der Waals surface area contributed by atoms with Crippen molar-refractivity contribution in [3.05, 3.63) is 0 Å². The lowest BCUT2D eigenvalue weighted by molar-refractivity contribution is -0.220. The molecule has 150 valence electrons. The summed E-state index contributed by atoms with van der Waals surface area (Å²) in [5, 5.41) is 0. The molecule has 0 radical (unpaired) electrons. The second-order valence-electron chi connectivity index (χ2n) is 10.2. The standard InChI is InChI=1S/C22H38O4/c1-4-20(11-23-12-20)15-25-19-7-18-6-17(3)8-22(9-18,10-19)26-16-21(5-2)13-24-14-21/h17-19H,4-16H2,1-3H3. The van der Waals surface area contributed by atoms with Crippen molar-refractivity contribution in [1.29, 1.82) is 0 Å². The SMILES string of the molecule is CCC1(COC2CC3CC(C)CC(OCC4(CC)COC4)(C3)C2)COC1. The number of rotatable bonds is 8. The van der Waals surface area contributed by atoms with Crippen molar-refractivity contribution in [3.8, 4) is 0 Å². The topological polar surface area (TPSA) is 36.9 Å². The molecule has 4 nitrogen and oxygen atoms in total. The van der Waals surface area contributed by atoms with Gasteiger partial charge in [0.1, 0.15) is 0 Å². The van der Waals surface area contributed by atoms with Gasteiger partial charge >= 0.3 is 0 Å². The van der Waals surface area contributed by atoms with Crippen LogP contribution in [0.5, 0.6) is 0 Å². The molecule has 4 heteroatoms. The van der Waals surface area contributed by atoms with Crippen LogP contribution in [0, 0.1) is 22.7 Å². The summed E-state index contributed by atoms with van der Waals surface area (Å²) in [6, 6.07) is 0. The average Bonchev–Trinajstić information content (AvgIpc) is 2.52. The Hall–Kier alpha value is -0.160. The van der Waals surface area contributed by atoms with Gasteiger partial charge in [0, 0.05) is 17.3 Å². The van der Waals surface area contributed by atoms with Crippen molar-refractivity contribution in [2.75, 3.05) is 39.6 Å². The van der Waals surface area contributed by atoms with Crippen LogP contribution in [0.3, 0.4) is 0 Å². The molecule has 2 saturated heterocycles. The predicted molar refractivity (Wildman–Crippen MR) is 101 cm³/mol. The number of fused-ring (bicyclic) bond motifs is 2. The fourth-order valence-electron chi connectivity index (χ4n) is 5.66. The molecule has 2 aliphatic heterocycles. The van der Waals surface area contributed by atoms with Crippen LogP contribution in [-0.2, 0) is 18.9 Å².